The number of ether oxygens (including phenoxy) is 1. The van der Waals surface area contributed by atoms with E-state index in [2.05, 4.69) is 40.0 Å². The van der Waals surface area contributed by atoms with Gasteiger partial charge in [0.2, 0.25) is 5.95 Å². The monoisotopic (exact) mass is 551 g/mol. The molecule has 10 nitrogen and oxygen atoms in total. The topological polar surface area (TPSA) is 102 Å². The lowest BCUT2D eigenvalue weighted by molar-refractivity contribution is 0.209. The lowest BCUT2D eigenvalue weighted by Gasteiger charge is -2.38. The van der Waals surface area contributed by atoms with Crippen LogP contribution in [0.3, 0.4) is 0 Å². The summed E-state index contributed by atoms with van der Waals surface area (Å²) >= 11 is 0. The highest BCUT2D eigenvalue weighted by Crippen LogP contribution is 2.33. The predicted octanol–water partition coefficient (Wildman–Crippen LogP) is 5.03. The van der Waals surface area contributed by atoms with Crippen LogP contribution in [-0.2, 0) is 0 Å². The molecule has 1 saturated heterocycles. The Morgan fingerprint density at radius 1 is 1.00 bits per heavy atom. The number of nitrogens with one attached hydrogen (secondary N) is 1. The number of aromatic nitrogens is 4. The van der Waals surface area contributed by atoms with Crippen LogP contribution in [0.25, 0.3) is 28.0 Å². The molecule has 41 heavy (non-hydrogen) atoms. The zero-order valence-electron chi connectivity index (χ0n) is 23.7. The second kappa shape index (κ2) is 11.1. The Labute approximate surface area is 238 Å². The third kappa shape index (κ3) is 5.14. The van der Waals surface area contributed by atoms with Gasteiger partial charge in [-0.1, -0.05) is 18.2 Å². The van der Waals surface area contributed by atoms with E-state index in [1.54, 1.807) is 25.5 Å². The minimum Gasteiger partial charge on any atom is -0.495 e. The molecule has 10 heteroatoms. The normalized spacial score (nSPS) is 14.1. The number of piperazine rings is 1. The first-order chi connectivity index (χ1) is 19.9. The molecule has 3 aromatic heterocycles. The van der Waals surface area contributed by atoms with E-state index in [9.17, 15) is 4.79 Å². The van der Waals surface area contributed by atoms with E-state index in [0.29, 0.717) is 40.0 Å². The van der Waals surface area contributed by atoms with Crippen molar-refractivity contribution in [2.24, 2.45) is 0 Å². The first-order valence-corrected chi connectivity index (χ1v) is 13.8. The Bertz CT molecular complexity index is 1740. The summed E-state index contributed by atoms with van der Waals surface area (Å²) in [5, 5.41) is 8.31. The van der Waals surface area contributed by atoms with Crippen molar-refractivity contribution in [1.29, 1.82) is 0 Å². The standard InChI is InChI=1S/C31H33N7O3/c1-20(2)36-13-15-37(16-14-36)25-12-11-22(18-27(25)40-4)33-31-32-19-23-28(34-31)29(26-10-7-17-41-26)35-38(30(23)39)24-9-6-5-8-21(24)3/h5-12,17-20H,13-16H2,1-4H3,(H,32,33,34). The van der Waals surface area contributed by atoms with Crippen LogP contribution in [0.2, 0.25) is 0 Å². The number of rotatable bonds is 7. The zero-order valence-corrected chi connectivity index (χ0v) is 23.7. The summed E-state index contributed by atoms with van der Waals surface area (Å²) < 4.78 is 12.8. The van der Waals surface area contributed by atoms with Gasteiger partial charge in [0.05, 0.1) is 30.1 Å². The Balaban J connectivity index is 1.35. The van der Waals surface area contributed by atoms with Gasteiger partial charge in [-0.25, -0.2) is 9.97 Å². The van der Waals surface area contributed by atoms with E-state index in [-0.39, 0.29) is 5.56 Å². The minimum absolute atomic E-state index is 0.306. The fraction of sp³-hybridized carbons (Fsp3) is 0.290. The number of aryl methyl sites for hydroxylation is 1. The van der Waals surface area contributed by atoms with Gasteiger partial charge < -0.3 is 19.4 Å². The second-order valence-corrected chi connectivity index (χ2v) is 10.4. The van der Waals surface area contributed by atoms with Gasteiger partial charge in [-0.3, -0.25) is 9.69 Å². The van der Waals surface area contributed by atoms with Gasteiger partial charge in [0.1, 0.15) is 11.3 Å². The maximum absolute atomic E-state index is 13.5. The number of para-hydroxylation sites is 1. The van der Waals surface area contributed by atoms with Crippen LogP contribution in [-0.4, -0.2) is 64.0 Å². The van der Waals surface area contributed by atoms with E-state index >= 15 is 0 Å². The highest BCUT2D eigenvalue weighted by Gasteiger charge is 2.22. The van der Waals surface area contributed by atoms with E-state index in [4.69, 9.17) is 19.2 Å². The molecule has 6 rings (SSSR count). The number of anilines is 3. The Kier molecular flexibility index (Phi) is 7.15. The Morgan fingerprint density at radius 2 is 1.80 bits per heavy atom. The third-order valence-corrected chi connectivity index (χ3v) is 7.56. The van der Waals surface area contributed by atoms with E-state index in [1.807, 2.05) is 43.3 Å². The lowest BCUT2D eigenvalue weighted by Crippen LogP contribution is -2.49. The van der Waals surface area contributed by atoms with Gasteiger partial charge in [0, 0.05) is 50.2 Å². The SMILES string of the molecule is COc1cc(Nc2ncc3c(=O)n(-c4ccccc4C)nc(-c4ccco4)c3n2)ccc1N1CCN(C(C)C)CC1. The van der Waals surface area contributed by atoms with Gasteiger partial charge in [-0.15, -0.1) is 0 Å². The molecule has 0 unspecified atom stereocenters. The highest BCUT2D eigenvalue weighted by molar-refractivity contribution is 5.89. The summed E-state index contributed by atoms with van der Waals surface area (Å²) in [6.45, 7) is 10.3. The summed E-state index contributed by atoms with van der Waals surface area (Å²) in [6.07, 6.45) is 3.11. The lowest BCUT2D eigenvalue weighted by atomic mass is 10.2. The van der Waals surface area contributed by atoms with Crippen molar-refractivity contribution in [2.45, 2.75) is 26.8 Å². The molecule has 1 aliphatic heterocycles. The van der Waals surface area contributed by atoms with Crippen LogP contribution in [0.1, 0.15) is 19.4 Å². The molecule has 0 atom stereocenters. The minimum atomic E-state index is -0.306. The molecular weight excluding hydrogens is 518 g/mol. The summed E-state index contributed by atoms with van der Waals surface area (Å²) in [7, 11) is 1.68. The molecule has 0 amide bonds. The van der Waals surface area contributed by atoms with Gasteiger partial charge >= 0.3 is 0 Å². The molecule has 0 radical (unpaired) electrons. The zero-order chi connectivity index (χ0) is 28.5. The van der Waals surface area contributed by atoms with Crippen LogP contribution in [0.5, 0.6) is 5.75 Å². The molecule has 0 saturated carbocycles. The second-order valence-electron chi connectivity index (χ2n) is 10.4. The molecule has 0 aliphatic carbocycles. The first kappa shape index (κ1) is 26.5. The van der Waals surface area contributed by atoms with Crippen molar-refractivity contribution < 1.29 is 9.15 Å². The molecule has 1 aliphatic rings. The molecule has 4 heterocycles. The van der Waals surface area contributed by atoms with Gasteiger partial charge in [-0.2, -0.15) is 9.78 Å². The summed E-state index contributed by atoms with van der Waals surface area (Å²) in [6, 6.07) is 17.7. The Hall–Kier alpha value is -4.70. The van der Waals surface area contributed by atoms with Crippen LogP contribution in [0, 0.1) is 6.92 Å². The molecule has 5 aromatic rings. The molecule has 0 bridgehead atoms. The maximum Gasteiger partial charge on any atom is 0.282 e. The highest BCUT2D eigenvalue weighted by atomic mass is 16.5. The molecule has 210 valence electrons. The van der Waals surface area contributed by atoms with Crippen molar-refractivity contribution in [3.63, 3.8) is 0 Å². The van der Waals surface area contributed by atoms with Crippen LogP contribution in [0.15, 0.2) is 76.3 Å². The van der Waals surface area contributed by atoms with Crippen molar-refractivity contribution in [1.82, 2.24) is 24.6 Å². The van der Waals surface area contributed by atoms with Crippen LogP contribution >= 0.6 is 0 Å². The quantitative estimate of drug-likeness (QED) is 0.299. The number of furan rings is 1. The van der Waals surface area contributed by atoms with Crippen molar-refractivity contribution in [3.05, 3.63) is 83.0 Å². The van der Waals surface area contributed by atoms with Gasteiger partial charge in [0.25, 0.3) is 5.56 Å². The first-order valence-electron chi connectivity index (χ1n) is 13.8. The number of hydrogen-bond donors (Lipinski definition) is 1. The van der Waals surface area contributed by atoms with E-state index in [0.717, 1.165) is 48.9 Å². The van der Waals surface area contributed by atoms with Crippen LogP contribution < -0.4 is 20.5 Å². The summed E-state index contributed by atoms with van der Waals surface area (Å²) in [5.41, 5.74) is 3.98. The van der Waals surface area contributed by atoms with Crippen LogP contribution in [0.4, 0.5) is 17.3 Å². The number of benzene rings is 2. The van der Waals surface area contributed by atoms with Crippen molar-refractivity contribution in [3.8, 4) is 22.9 Å². The fourth-order valence-electron chi connectivity index (χ4n) is 5.25. The number of hydrogen-bond acceptors (Lipinski definition) is 9. The average molecular weight is 552 g/mol. The van der Waals surface area contributed by atoms with Crippen molar-refractivity contribution in [2.75, 3.05) is 43.5 Å². The third-order valence-electron chi connectivity index (χ3n) is 7.56. The average Bonchev–Trinajstić information content (AvgIpc) is 3.53. The largest absolute Gasteiger partial charge is 0.495 e. The maximum atomic E-state index is 13.5. The molecule has 2 aromatic carbocycles. The molecular formula is C31H33N7O3. The van der Waals surface area contributed by atoms with Gasteiger partial charge in [0.15, 0.2) is 11.5 Å². The number of methoxy groups -OCH3 is 1. The van der Waals surface area contributed by atoms with E-state index < -0.39 is 0 Å². The Morgan fingerprint density at radius 3 is 2.51 bits per heavy atom. The predicted molar refractivity (Wildman–Crippen MR) is 161 cm³/mol. The van der Waals surface area contributed by atoms with Crippen molar-refractivity contribution >= 4 is 28.2 Å². The summed E-state index contributed by atoms with van der Waals surface area (Å²) in [4.78, 5) is 27.6. The smallest absolute Gasteiger partial charge is 0.282 e. The van der Waals surface area contributed by atoms with E-state index in [1.165, 1.54) is 10.9 Å². The number of nitrogens with zero attached hydrogens (tertiary/aromatic N) is 6. The molecule has 1 fully saturated rings. The number of fused-ring (bicyclic) bond motifs is 1. The van der Waals surface area contributed by atoms with Gasteiger partial charge in [-0.05, 0) is 56.7 Å². The summed E-state index contributed by atoms with van der Waals surface area (Å²) in [5.74, 6) is 1.61. The molecule has 0 spiro atoms. The molecule has 1 N–H and O–H groups in total. The fourth-order valence-corrected chi connectivity index (χ4v) is 5.25.